The smallest absolute Gasteiger partial charge is 0.277 e. The standard InChI is InChI=1S/4C25H36N6O4S/c4*1-5-8-20-22-23(31(4)29-20)25(32)28-24(27-22)19-16-18(10-11-21(19)35-15-6-2)36(33,34)26-13-12-17-9-7-14-30(17)3/h4*10-11,16-17,26H,5-9,12-15H2,1-4H3,(H,27,28,32)/i1D3,8D2,13D2;1D3,8D2,13D;1D3,4D3,13D;1D3,4D3. The predicted octanol–water partition coefficient (Wildman–Crippen LogP) is 11.3. The normalized spacial score (nSPS) is 20.7. The van der Waals surface area contributed by atoms with E-state index < -0.39 is 149 Å². The third-order valence-corrected chi connectivity index (χ3v) is 30.4. The van der Waals surface area contributed by atoms with Gasteiger partial charge in [-0.2, -0.15) is 20.4 Å². The summed E-state index contributed by atoms with van der Waals surface area (Å²) in [5, 5.41) is 16.3. The maximum Gasteiger partial charge on any atom is 0.277 e. The predicted molar refractivity (Wildman–Crippen MR) is 559 cm³/mol. The summed E-state index contributed by atoms with van der Waals surface area (Å²) in [5.74, 6) is 0.432. The lowest BCUT2D eigenvalue weighted by Crippen LogP contribution is -2.31. The molecule has 12 aromatic rings. The van der Waals surface area contributed by atoms with Crippen LogP contribution in [0.3, 0.4) is 0 Å². The van der Waals surface area contributed by atoms with Crippen molar-refractivity contribution in [1.29, 1.82) is 0 Å². The molecule has 0 saturated carbocycles. The number of ether oxygens (including phenoxy) is 4. The van der Waals surface area contributed by atoms with Gasteiger partial charge in [-0.15, -0.1) is 0 Å². The topological polar surface area (TPSA) is 489 Å². The second-order valence-corrected chi connectivity index (χ2v) is 42.1. The number of fused-ring (bicyclic) bond motifs is 4. The average molecular weight is 2090 g/mol. The molecule has 4 aliphatic heterocycles. The van der Waals surface area contributed by atoms with Gasteiger partial charge in [0, 0.05) is 114 Å². The van der Waals surface area contributed by atoms with Crippen LogP contribution in [0.25, 0.3) is 89.7 Å². The number of nitrogens with one attached hydrogen (secondary N) is 8. The average Bonchev–Trinajstić information content (AvgIpc) is 1.61. The molecule has 0 bridgehead atoms. The minimum absolute atomic E-state index is 0.00463. The Kier molecular flexibility index (Phi) is 27.5. The lowest BCUT2D eigenvalue weighted by molar-refractivity contribution is 0.297. The molecule has 0 spiro atoms. The van der Waals surface area contributed by atoms with E-state index in [1.165, 1.54) is 86.9 Å². The van der Waals surface area contributed by atoms with Crippen molar-refractivity contribution in [3.8, 4) is 68.5 Å². The Balaban J connectivity index is 0.000000186. The van der Waals surface area contributed by atoms with Gasteiger partial charge in [-0.25, -0.2) is 72.5 Å². The molecular weight excluding hydrogens is 1920 g/mol. The van der Waals surface area contributed by atoms with Crippen molar-refractivity contribution in [3.63, 3.8) is 0 Å². The Morgan fingerprint density at radius 2 is 0.646 bits per heavy atom. The summed E-state index contributed by atoms with van der Waals surface area (Å²) in [6, 6.07) is 16.5. The summed E-state index contributed by atoms with van der Waals surface area (Å²) in [5.41, 5.74) is -4.65. The van der Waals surface area contributed by atoms with Crippen LogP contribution in [0, 0.1) is 0 Å². The third kappa shape index (κ3) is 26.5. The maximum absolute atomic E-state index is 13.4. The van der Waals surface area contributed by atoms with E-state index in [-0.39, 0.29) is 232 Å². The first-order valence-corrected chi connectivity index (χ1v) is 53.7. The van der Waals surface area contributed by atoms with Gasteiger partial charge >= 0.3 is 0 Å². The van der Waals surface area contributed by atoms with Crippen molar-refractivity contribution in [2.45, 2.75) is 253 Å². The molecule has 4 fully saturated rings. The van der Waals surface area contributed by atoms with Crippen LogP contribution in [-0.4, -0.2) is 263 Å². The molecule has 6 atom stereocenters. The van der Waals surface area contributed by atoms with Crippen LogP contribution in [0.5, 0.6) is 23.0 Å². The van der Waals surface area contributed by atoms with Crippen molar-refractivity contribution in [2.75, 3.05) is 107 Å². The number of aromatic amines is 4. The van der Waals surface area contributed by atoms with Crippen LogP contribution in [0.15, 0.2) is 112 Å². The van der Waals surface area contributed by atoms with Gasteiger partial charge in [0.25, 0.3) is 22.2 Å². The second-order valence-electron chi connectivity index (χ2n) is 35.2. The number of hydrogen-bond acceptors (Lipinski definition) is 28. The van der Waals surface area contributed by atoms with Gasteiger partial charge in [-0.1, -0.05) is 80.8 Å². The first kappa shape index (κ1) is 79.2. The van der Waals surface area contributed by atoms with E-state index in [1.54, 1.807) is 0 Å². The van der Waals surface area contributed by atoms with Crippen LogP contribution in [-0.2, 0) is 93.7 Å². The van der Waals surface area contributed by atoms with Crippen molar-refractivity contribution in [1.82, 2.24) is 117 Å². The van der Waals surface area contributed by atoms with Crippen LogP contribution in [0.1, 0.15) is 242 Å². The first-order valence-electron chi connectivity index (χ1n) is 60.9. The number of hydrogen-bond donors (Lipinski definition) is 8. The summed E-state index contributed by atoms with van der Waals surface area (Å²) in [6.45, 7) is -7.48. The Morgan fingerprint density at radius 1 is 0.361 bits per heavy atom. The van der Waals surface area contributed by atoms with Crippen LogP contribution in [0.4, 0.5) is 0 Å². The molecule has 16 rings (SSSR count). The Bertz CT molecular complexity index is 8380. The number of aromatic nitrogens is 16. The van der Waals surface area contributed by atoms with Gasteiger partial charge in [-0.3, -0.25) is 37.9 Å². The molecule has 44 heteroatoms. The van der Waals surface area contributed by atoms with E-state index in [0.29, 0.717) is 67.0 Å². The van der Waals surface area contributed by atoms with Crippen LogP contribution >= 0.6 is 0 Å². The summed E-state index contributed by atoms with van der Waals surface area (Å²) >= 11 is 0. The van der Waals surface area contributed by atoms with Crippen molar-refractivity contribution < 1.29 is 88.3 Å². The largest absolute Gasteiger partial charge is 0.493 e. The number of sulfonamides is 4. The molecule has 784 valence electrons. The molecule has 4 saturated heterocycles. The van der Waals surface area contributed by atoms with Crippen molar-refractivity contribution in [2.24, 2.45) is 28.0 Å². The second kappa shape index (κ2) is 49.9. The van der Waals surface area contributed by atoms with Gasteiger partial charge in [0.05, 0.1) is 91.0 Å². The van der Waals surface area contributed by atoms with E-state index in [1.807, 2.05) is 60.8 Å². The number of benzene rings is 4. The monoisotopic (exact) mass is 2090 g/mol. The first-order chi connectivity index (χ1) is 79.0. The fourth-order valence-corrected chi connectivity index (χ4v) is 21.4. The number of nitrogens with zero attached hydrogens (tertiary/aromatic N) is 16. The molecule has 0 aliphatic carbocycles. The van der Waals surface area contributed by atoms with E-state index in [2.05, 4.69) is 93.9 Å². The van der Waals surface area contributed by atoms with Gasteiger partial charge in [0.1, 0.15) is 68.4 Å². The molecule has 4 aliphatic rings. The molecule has 4 aromatic carbocycles. The summed E-state index contributed by atoms with van der Waals surface area (Å²) in [4.78, 5) is 88.7. The molecule has 0 amide bonds. The van der Waals surface area contributed by atoms with E-state index in [0.717, 1.165) is 86.9 Å². The number of likely N-dealkylation sites (tertiary alicyclic amines) is 4. The number of aryl methyl sites for hydroxylation is 8. The lowest BCUT2D eigenvalue weighted by Gasteiger charge is -2.19. The zero-order valence-corrected chi connectivity index (χ0v) is 85.4. The molecule has 8 aromatic heterocycles. The van der Waals surface area contributed by atoms with Gasteiger partial charge in [0.2, 0.25) is 40.1 Å². The molecule has 144 heavy (non-hydrogen) atoms. The highest BCUT2D eigenvalue weighted by molar-refractivity contribution is 7.90. The molecule has 40 nitrogen and oxygen atoms in total. The highest BCUT2D eigenvalue weighted by Crippen LogP contribution is 2.38. The summed E-state index contributed by atoms with van der Waals surface area (Å²) < 4.78 is 347. The Hall–Kier alpha value is -11.0. The third-order valence-electron chi connectivity index (χ3n) is 25.0. The number of H-pyrrole nitrogens is 4. The highest BCUT2D eigenvalue weighted by atomic mass is 32.2. The van der Waals surface area contributed by atoms with Gasteiger partial charge in [-0.05, 0) is 255 Å². The van der Waals surface area contributed by atoms with Gasteiger partial charge in [0.15, 0.2) is 22.1 Å². The van der Waals surface area contributed by atoms with E-state index in [9.17, 15) is 52.8 Å². The zero-order valence-electron chi connectivity index (χ0n) is 108. The van der Waals surface area contributed by atoms with Crippen LogP contribution in [0.2, 0.25) is 0 Å². The van der Waals surface area contributed by atoms with E-state index >= 15 is 0 Å². The Labute approximate surface area is 879 Å². The SMILES string of the molecule is [2H]C(CC1CCCN1C)NS(=O)(=O)c1ccc(OCCC)c(-c2nc3c(C([2H])([2H])CC([2H])([2H])[2H])nn(C)c3c(=O)[nH]2)c1.[2H]C(CC1CCCN1C)NS(=O)(=O)c1ccc(OCCC)c(-c2nc3c(CCC([2H])([2H])[2H])nn(C([2H])([2H])[2H])c3c(=O)[nH]2)c1.[2H]C([2H])([2H])CC([2H])([2H])c1nn(C)c2c(=O)[nH]c(-c3cc(S(=O)(=O)NC([2H])([2H])CC4CCCN4C)ccc3OCCC)nc12.[2H]C([2H])([2H])CCc1nn(C([2H])([2H])[2H])c2c(=O)[nH]c(-c3cc(S(=O)(=O)NCCC4CCCN4C)ccc3OCCC)nc12. The van der Waals surface area contributed by atoms with E-state index in [4.69, 9.17) is 54.6 Å². The summed E-state index contributed by atoms with van der Waals surface area (Å²) in [6.07, 6.45) is 3.69. The zero-order chi connectivity index (χ0) is 126. The molecule has 0 radical (unpaired) electrons. The Morgan fingerprint density at radius 3 is 0.944 bits per heavy atom. The van der Waals surface area contributed by atoms with Crippen molar-refractivity contribution >= 4 is 84.2 Å². The van der Waals surface area contributed by atoms with Gasteiger partial charge < -0.3 is 58.5 Å². The molecule has 6 unspecified atom stereocenters. The number of rotatable bonds is 44. The fraction of sp³-hybridized carbons (Fsp3) is 0.560. The van der Waals surface area contributed by atoms with Crippen molar-refractivity contribution in [3.05, 3.63) is 137 Å². The molecule has 8 N–H and O–H groups in total. The summed E-state index contributed by atoms with van der Waals surface area (Å²) in [7, 11) is -6.05. The minimum atomic E-state index is -4.40. The maximum atomic E-state index is 13.4. The fourth-order valence-electron chi connectivity index (χ4n) is 17.4. The molecule has 12 heterocycles. The highest BCUT2D eigenvalue weighted by Gasteiger charge is 2.32. The molecular formula is C100H144N24O16S4. The lowest BCUT2D eigenvalue weighted by atomic mass is 10.1. The minimum Gasteiger partial charge on any atom is -0.493 e. The van der Waals surface area contributed by atoms with Crippen LogP contribution < -0.4 is 60.1 Å². The quantitative estimate of drug-likeness (QED) is 0.0176.